The summed E-state index contributed by atoms with van der Waals surface area (Å²) in [4.78, 5) is 24.6. The zero-order valence-corrected chi connectivity index (χ0v) is 17.3. The number of nitro groups is 1. The summed E-state index contributed by atoms with van der Waals surface area (Å²) in [5, 5.41) is 14.6. The second-order valence-corrected chi connectivity index (χ2v) is 8.37. The Morgan fingerprint density at radius 2 is 1.40 bits per heavy atom. The van der Waals surface area contributed by atoms with Gasteiger partial charge in [-0.15, -0.1) is 0 Å². The molecule has 1 N–H and O–H groups in total. The van der Waals surface area contributed by atoms with E-state index in [2.05, 4.69) is 10.5 Å². The van der Waals surface area contributed by atoms with Crippen LogP contribution in [0.25, 0.3) is 0 Å². The van der Waals surface area contributed by atoms with E-state index < -0.39 is 4.92 Å². The highest BCUT2D eigenvalue weighted by atomic mass is 32.2. The monoisotopic (exact) mass is 435 g/mol. The van der Waals surface area contributed by atoms with Crippen molar-refractivity contribution in [3.8, 4) is 0 Å². The average molecular weight is 436 g/mol. The Kier molecular flexibility index (Phi) is 7.82. The maximum Gasteiger partial charge on any atom is 0.269 e. The second kappa shape index (κ2) is 11.0. The van der Waals surface area contributed by atoms with Crippen molar-refractivity contribution in [3.63, 3.8) is 0 Å². The molecule has 3 aromatic carbocycles. The molecular weight excluding hydrogens is 418 g/mol. The van der Waals surface area contributed by atoms with Gasteiger partial charge in [-0.25, -0.2) is 5.43 Å². The number of rotatable bonds is 8. The molecule has 0 spiro atoms. The number of hydrogen-bond donors (Lipinski definition) is 1. The van der Waals surface area contributed by atoms with Crippen LogP contribution in [0.5, 0.6) is 0 Å². The van der Waals surface area contributed by atoms with Gasteiger partial charge >= 0.3 is 0 Å². The molecule has 0 bridgehead atoms. The van der Waals surface area contributed by atoms with E-state index in [1.165, 1.54) is 47.9 Å². The zero-order chi connectivity index (χ0) is 21.2. The van der Waals surface area contributed by atoms with Crippen LogP contribution in [0.1, 0.15) is 5.56 Å². The summed E-state index contributed by atoms with van der Waals surface area (Å²) < 4.78 is 0.801. The van der Waals surface area contributed by atoms with E-state index in [0.29, 0.717) is 5.56 Å². The van der Waals surface area contributed by atoms with Gasteiger partial charge in [0.15, 0.2) is 0 Å². The van der Waals surface area contributed by atoms with Gasteiger partial charge in [-0.3, -0.25) is 14.9 Å². The maximum absolute atomic E-state index is 12.4. The molecule has 0 heterocycles. The van der Waals surface area contributed by atoms with Crippen LogP contribution in [0.2, 0.25) is 0 Å². The molecule has 0 unspecified atom stereocenters. The van der Waals surface area contributed by atoms with Gasteiger partial charge in [0.05, 0.1) is 15.4 Å². The molecule has 0 saturated carbocycles. The number of carbonyl (C=O) groups excluding carboxylic acids is 1. The first-order chi connectivity index (χ1) is 14.6. The molecule has 0 aliphatic heterocycles. The third-order valence-corrected chi connectivity index (χ3v) is 5.82. The van der Waals surface area contributed by atoms with Crippen LogP contribution in [-0.2, 0) is 4.79 Å². The van der Waals surface area contributed by atoms with Gasteiger partial charge in [-0.1, -0.05) is 59.9 Å². The van der Waals surface area contributed by atoms with Crippen LogP contribution >= 0.6 is 23.5 Å². The highest BCUT2D eigenvalue weighted by Crippen LogP contribution is 2.38. The lowest BCUT2D eigenvalue weighted by Gasteiger charge is -2.07. The quantitative estimate of drug-likeness (QED) is 0.167. The maximum atomic E-state index is 12.4. The number of amides is 1. The largest absolute Gasteiger partial charge is 0.269 e. The number of hydrazone groups is 1. The van der Waals surface area contributed by atoms with Crippen molar-refractivity contribution in [3.05, 3.63) is 111 Å². The molecule has 150 valence electrons. The van der Waals surface area contributed by atoms with Crippen molar-refractivity contribution < 1.29 is 9.72 Å². The van der Waals surface area contributed by atoms with Crippen molar-refractivity contribution in [1.82, 2.24) is 5.43 Å². The molecule has 0 aliphatic carbocycles. The van der Waals surface area contributed by atoms with Gasteiger partial charge < -0.3 is 0 Å². The fraction of sp³-hybridized carbons (Fsp3) is 0. The molecule has 6 nitrogen and oxygen atoms in total. The molecule has 0 aromatic heterocycles. The molecule has 3 rings (SSSR count). The highest BCUT2D eigenvalue weighted by Gasteiger charge is 2.07. The van der Waals surface area contributed by atoms with Gasteiger partial charge in [0.2, 0.25) is 0 Å². The van der Waals surface area contributed by atoms with E-state index in [1.54, 1.807) is 12.1 Å². The van der Waals surface area contributed by atoms with E-state index in [9.17, 15) is 14.9 Å². The summed E-state index contributed by atoms with van der Waals surface area (Å²) in [6.45, 7) is 0. The number of benzene rings is 3. The zero-order valence-electron chi connectivity index (χ0n) is 15.7. The molecule has 0 radical (unpaired) electrons. The van der Waals surface area contributed by atoms with Crippen LogP contribution in [0.15, 0.2) is 110 Å². The fourth-order valence-electron chi connectivity index (χ4n) is 2.28. The molecule has 8 heteroatoms. The Morgan fingerprint density at radius 3 is 1.90 bits per heavy atom. The SMILES string of the molecule is O=C(C=C(Sc1ccccc1)Sc1ccccc1)N/N=C\c1ccc([N+](=O)[O-])cc1. The molecular formula is C22H17N3O3S2. The Hall–Kier alpha value is -3.36. The van der Waals surface area contributed by atoms with Crippen LogP contribution in [0.4, 0.5) is 5.69 Å². The minimum absolute atomic E-state index is 0.000339. The number of carbonyl (C=O) groups is 1. The normalized spacial score (nSPS) is 10.5. The number of thioether (sulfide) groups is 2. The minimum Gasteiger partial charge on any atom is -0.268 e. The van der Waals surface area contributed by atoms with Gasteiger partial charge in [0.1, 0.15) is 0 Å². The van der Waals surface area contributed by atoms with Crippen molar-refractivity contribution >= 4 is 41.3 Å². The Balaban J connectivity index is 1.67. The van der Waals surface area contributed by atoms with Gasteiger partial charge in [0.25, 0.3) is 11.6 Å². The Labute approximate surface area is 182 Å². The number of nitrogens with one attached hydrogen (secondary N) is 1. The van der Waals surface area contributed by atoms with E-state index >= 15 is 0 Å². The molecule has 1 amide bonds. The summed E-state index contributed by atoms with van der Waals surface area (Å²) in [6.07, 6.45) is 2.94. The van der Waals surface area contributed by atoms with E-state index in [4.69, 9.17) is 0 Å². The lowest BCUT2D eigenvalue weighted by atomic mass is 10.2. The Bertz CT molecular complexity index is 1010. The smallest absolute Gasteiger partial charge is 0.268 e. The number of non-ortho nitro benzene ring substituents is 1. The van der Waals surface area contributed by atoms with Gasteiger partial charge in [-0.2, -0.15) is 5.10 Å². The molecule has 0 atom stereocenters. The number of nitrogens with zero attached hydrogens (tertiary/aromatic N) is 2. The predicted octanol–water partition coefficient (Wildman–Crippen LogP) is 5.47. The van der Waals surface area contributed by atoms with Crippen molar-refractivity contribution in [2.24, 2.45) is 5.10 Å². The average Bonchev–Trinajstić information content (AvgIpc) is 2.75. The van der Waals surface area contributed by atoms with Crippen molar-refractivity contribution in [2.75, 3.05) is 0 Å². The molecule has 0 aliphatic rings. The summed E-state index contributed by atoms with van der Waals surface area (Å²) >= 11 is 2.99. The first-order valence-electron chi connectivity index (χ1n) is 8.85. The van der Waals surface area contributed by atoms with Crippen LogP contribution in [-0.4, -0.2) is 17.0 Å². The van der Waals surface area contributed by atoms with Crippen LogP contribution in [0, 0.1) is 10.1 Å². The van der Waals surface area contributed by atoms with Crippen molar-refractivity contribution in [1.29, 1.82) is 0 Å². The van der Waals surface area contributed by atoms with E-state index in [-0.39, 0.29) is 11.6 Å². The van der Waals surface area contributed by atoms with Crippen molar-refractivity contribution in [2.45, 2.75) is 9.79 Å². The summed E-state index contributed by atoms with van der Waals surface area (Å²) in [5.74, 6) is -0.366. The van der Waals surface area contributed by atoms with Gasteiger partial charge in [-0.05, 0) is 42.0 Å². The molecule has 30 heavy (non-hydrogen) atoms. The molecule has 0 fully saturated rings. The number of hydrogen-bond acceptors (Lipinski definition) is 6. The topological polar surface area (TPSA) is 84.6 Å². The summed E-state index contributed by atoms with van der Waals surface area (Å²) in [5.41, 5.74) is 3.10. The lowest BCUT2D eigenvalue weighted by molar-refractivity contribution is -0.384. The first kappa shape index (κ1) is 21.4. The van der Waals surface area contributed by atoms with E-state index in [1.807, 2.05) is 60.7 Å². The summed E-state index contributed by atoms with van der Waals surface area (Å²) in [7, 11) is 0. The number of nitro benzene ring substituents is 1. The first-order valence-corrected chi connectivity index (χ1v) is 10.5. The standard InChI is InChI=1S/C22H17N3O3S2/c26-21(24-23-16-17-11-13-18(14-12-17)25(27)28)15-22(29-19-7-3-1-4-8-19)30-20-9-5-2-6-10-20/h1-16H,(H,24,26)/b23-16-. The Morgan fingerprint density at radius 1 is 0.867 bits per heavy atom. The molecule has 0 saturated heterocycles. The predicted molar refractivity (Wildman–Crippen MR) is 122 cm³/mol. The van der Waals surface area contributed by atoms with E-state index in [0.717, 1.165) is 14.0 Å². The highest BCUT2D eigenvalue weighted by molar-refractivity contribution is 8.22. The summed E-state index contributed by atoms with van der Waals surface area (Å²) in [6, 6.07) is 25.5. The van der Waals surface area contributed by atoms with Crippen LogP contribution in [0.3, 0.4) is 0 Å². The lowest BCUT2D eigenvalue weighted by Crippen LogP contribution is -2.14. The third-order valence-electron chi connectivity index (χ3n) is 3.66. The van der Waals surface area contributed by atoms with Gasteiger partial charge in [0, 0.05) is 28.0 Å². The second-order valence-electron chi connectivity index (χ2n) is 5.88. The third kappa shape index (κ3) is 6.91. The van der Waals surface area contributed by atoms with Crippen LogP contribution < -0.4 is 5.43 Å². The fourth-order valence-corrected chi connectivity index (χ4v) is 4.41. The minimum atomic E-state index is -0.468. The molecule has 3 aromatic rings.